The van der Waals surface area contributed by atoms with Gasteiger partial charge in [0.1, 0.15) is 0 Å². The Balaban J connectivity index is 1.48. The number of halogens is 2. The highest BCUT2D eigenvalue weighted by Gasteiger charge is 2.37. The van der Waals surface area contributed by atoms with Crippen LogP contribution >= 0.6 is 27.5 Å². The number of hydrogen-bond donors (Lipinski definition) is 1. The van der Waals surface area contributed by atoms with E-state index in [1.807, 2.05) is 0 Å². The molecular weight excluding hydrogens is 492 g/mol. The summed E-state index contributed by atoms with van der Waals surface area (Å²) in [6.45, 7) is 0.574. The number of carbonyl (C=O) groups excluding carboxylic acids is 2. The van der Waals surface area contributed by atoms with Gasteiger partial charge in [0.25, 0.3) is 0 Å². The largest absolute Gasteiger partial charge is 0.326 e. The van der Waals surface area contributed by atoms with Crippen LogP contribution in [0.3, 0.4) is 0 Å². The first kappa shape index (κ1) is 21.3. The van der Waals surface area contributed by atoms with Crippen LogP contribution in [0, 0.1) is 5.92 Å². The van der Waals surface area contributed by atoms with Crippen LogP contribution in [-0.2, 0) is 25.8 Å². The Labute approximate surface area is 188 Å². The van der Waals surface area contributed by atoms with Crippen LogP contribution in [0.1, 0.15) is 24.8 Å². The quantitative estimate of drug-likeness (QED) is 0.630. The molecule has 0 saturated heterocycles. The number of carbonyl (C=O) groups is 2. The van der Waals surface area contributed by atoms with Gasteiger partial charge in [-0.1, -0.05) is 11.6 Å². The van der Waals surface area contributed by atoms with E-state index in [2.05, 4.69) is 21.2 Å². The lowest BCUT2D eigenvalue weighted by molar-refractivity contribution is -0.119. The number of anilines is 2. The normalized spacial score (nSPS) is 15.7. The van der Waals surface area contributed by atoms with E-state index in [4.69, 9.17) is 11.6 Å². The number of amides is 2. The topological polar surface area (TPSA) is 83.6 Å². The number of nitrogens with one attached hydrogen (secondary N) is 1. The van der Waals surface area contributed by atoms with Crippen molar-refractivity contribution in [3.8, 4) is 0 Å². The summed E-state index contributed by atoms with van der Waals surface area (Å²) in [5.74, 6) is -0.595. The average molecular weight is 512 g/mol. The van der Waals surface area contributed by atoms with Crippen molar-refractivity contribution in [3.63, 3.8) is 0 Å². The number of benzene rings is 2. The maximum absolute atomic E-state index is 12.9. The first-order valence-corrected chi connectivity index (χ1v) is 12.5. The number of nitrogens with zero attached hydrogens (tertiary/aromatic N) is 1. The fourth-order valence-electron chi connectivity index (χ4n) is 3.50. The third-order valence-electron chi connectivity index (χ3n) is 5.28. The molecule has 0 spiro atoms. The summed E-state index contributed by atoms with van der Waals surface area (Å²) in [5, 5.41) is 3.21. The molecule has 158 valence electrons. The first-order chi connectivity index (χ1) is 14.2. The second kappa shape index (κ2) is 8.32. The smallest absolute Gasteiger partial charge is 0.230 e. The predicted molar refractivity (Wildman–Crippen MR) is 120 cm³/mol. The van der Waals surface area contributed by atoms with Gasteiger partial charge in [-0.25, -0.2) is 8.42 Å². The third kappa shape index (κ3) is 4.55. The van der Waals surface area contributed by atoms with Crippen LogP contribution in [0.2, 0.25) is 5.02 Å². The second-order valence-corrected chi connectivity index (χ2v) is 10.9. The average Bonchev–Trinajstić information content (AvgIpc) is 3.47. The molecule has 1 N–H and O–H groups in total. The Morgan fingerprint density at radius 2 is 1.87 bits per heavy atom. The summed E-state index contributed by atoms with van der Waals surface area (Å²) < 4.78 is 26.4. The van der Waals surface area contributed by atoms with Crippen LogP contribution < -0.4 is 10.2 Å². The van der Waals surface area contributed by atoms with E-state index in [0.29, 0.717) is 33.8 Å². The molecule has 0 atom stereocenters. The van der Waals surface area contributed by atoms with Crippen molar-refractivity contribution < 1.29 is 18.0 Å². The minimum atomic E-state index is -3.73. The van der Waals surface area contributed by atoms with Crippen molar-refractivity contribution >= 4 is 60.6 Å². The highest BCUT2D eigenvalue weighted by atomic mass is 79.9. The molecule has 0 bridgehead atoms. The van der Waals surface area contributed by atoms with Gasteiger partial charge in [0.2, 0.25) is 11.8 Å². The molecule has 1 heterocycles. The third-order valence-corrected chi connectivity index (χ3v) is 8.20. The van der Waals surface area contributed by atoms with Gasteiger partial charge in [0.05, 0.1) is 10.6 Å². The molecule has 4 rings (SSSR count). The Bertz CT molecular complexity index is 1110. The van der Waals surface area contributed by atoms with Crippen LogP contribution in [0.15, 0.2) is 45.8 Å². The minimum absolute atomic E-state index is 0.0659. The minimum Gasteiger partial charge on any atom is -0.326 e. The van der Waals surface area contributed by atoms with E-state index in [9.17, 15) is 18.0 Å². The zero-order valence-electron chi connectivity index (χ0n) is 16.0. The van der Waals surface area contributed by atoms with Crippen molar-refractivity contribution in [2.45, 2.75) is 30.6 Å². The van der Waals surface area contributed by atoms with Gasteiger partial charge in [0.15, 0.2) is 9.84 Å². The number of sulfone groups is 1. The van der Waals surface area contributed by atoms with Crippen molar-refractivity contribution in [3.05, 3.63) is 51.5 Å². The lowest BCUT2D eigenvalue weighted by Gasteiger charge is -2.18. The van der Waals surface area contributed by atoms with Gasteiger partial charge in [-0.2, -0.15) is 0 Å². The summed E-state index contributed by atoms with van der Waals surface area (Å²) in [7, 11) is -3.73. The summed E-state index contributed by atoms with van der Waals surface area (Å²) in [6, 6.07) is 9.93. The number of rotatable bonds is 6. The van der Waals surface area contributed by atoms with Crippen molar-refractivity contribution in [2.75, 3.05) is 22.5 Å². The van der Waals surface area contributed by atoms with Crippen molar-refractivity contribution in [2.24, 2.45) is 5.92 Å². The van der Waals surface area contributed by atoms with E-state index in [-0.39, 0.29) is 28.9 Å². The highest BCUT2D eigenvalue weighted by molar-refractivity contribution is 9.10. The van der Waals surface area contributed by atoms with Crippen LogP contribution in [0.25, 0.3) is 0 Å². The molecule has 2 aliphatic rings. The van der Waals surface area contributed by atoms with Gasteiger partial charge < -0.3 is 10.2 Å². The zero-order chi connectivity index (χ0) is 21.5. The SMILES string of the molecule is O=C(CCS(=O)(=O)c1cc2c(cc1Br)CCN2C(=O)C1CC1)Nc1ccc(Cl)cc1. The maximum Gasteiger partial charge on any atom is 0.230 e. The molecular formula is C21H20BrClN2O4S. The molecule has 1 aliphatic heterocycles. The summed E-state index contributed by atoms with van der Waals surface area (Å²) in [6.07, 6.45) is 2.32. The fourth-order valence-corrected chi connectivity index (χ4v) is 6.08. The Morgan fingerprint density at radius 3 is 2.53 bits per heavy atom. The van der Waals surface area contributed by atoms with Crippen molar-refractivity contribution in [1.29, 1.82) is 0 Å². The molecule has 1 fully saturated rings. The first-order valence-electron chi connectivity index (χ1n) is 9.66. The standard InChI is InChI=1S/C21H20BrClN2O4S/c22-17-11-14-7-9-25(21(27)13-1-2-13)18(14)12-19(17)30(28,29)10-8-20(26)24-16-5-3-15(23)4-6-16/h3-6,11-13H,1-2,7-10H2,(H,24,26). The molecule has 1 aliphatic carbocycles. The number of fused-ring (bicyclic) bond motifs is 1. The molecule has 6 nitrogen and oxygen atoms in total. The van der Waals surface area contributed by atoms with E-state index >= 15 is 0 Å². The maximum atomic E-state index is 12.9. The molecule has 0 unspecified atom stereocenters. The molecule has 0 radical (unpaired) electrons. The van der Waals surface area contributed by atoms with E-state index in [1.165, 1.54) is 0 Å². The van der Waals surface area contributed by atoms with Crippen LogP contribution in [-0.4, -0.2) is 32.5 Å². The Hall–Kier alpha value is -1.90. The molecule has 2 amide bonds. The lowest BCUT2D eigenvalue weighted by atomic mass is 10.2. The summed E-state index contributed by atoms with van der Waals surface area (Å²) >= 11 is 9.18. The molecule has 9 heteroatoms. The van der Waals surface area contributed by atoms with Crippen LogP contribution in [0.4, 0.5) is 11.4 Å². The zero-order valence-corrected chi connectivity index (χ0v) is 19.2. The second-order valence-electron chi connectivity index (χ2n) is 7.55. The molecule has 2 aromatic rings. The molecule has 0 aromatic heterocycles. The van der Waals surface area contributed by atoms with E-state index in [0.717, 1.165) is 18.4 Å². The number of hydrogen-bond acceptors (Lipinski definition) is 4. The Kier molecular flexibility index (Phi) is 5.92. The monoisotopic (exact) mass is 510 g/mol. The highest BCUT2D eigenvalue weighted by Crippen LogP contribution is 2.39. The van der Waals surface area contributed by atoms with E-state index < -0.39 is 15.7 Å². The van der Waals surface area contributed by atoms with E-state index in [1.54, 1.807) is 41.3 Å². The predicted octanol–water partition coefficient (Wildman–Crippen LogP) is 4.20. The molecule has 1 saturated carbocycles. The van der Waals surface area contributed by atoms with Gasteiger partial charge >= 0.3 is 0 Å². The van der Waals surface area contributed by atoms with Crippen molar-refractivity contribution in [1.82, 2.24) is 0 Å². The van der Waals surface area contributed by atoms with Gasteiger partial charge in [0, 0.05) is 39.8 Å². The molecule has 30 heavy (non-hydrogen) atoms. The summed E-state index contributed by atoms with van der Waals surface area (Å²) in [5.41, 5.74) is 2.17. The van der Waals surface area contributed by atoms with Gasteiger partial charge in [-0.05, 0) is 77.2 Å². The van der Waals surface area contributed by atoms with Crippen LogP contribution in [0.5, 0.6) is 0 Å². The molecule has 2 aromatic carbocycles. The van der Waals surface area contributed by atoms with Gasteiger partial charge in [-0.3, -0.25) is 9.59 Å². The van der Waals surface area contributed by atoms with Gasteiger partial charge in [-0.15, -0.1) is 0 Å². The summed E-state index contributed by atoms with van der Waals surface area (Å²) in [4.78, 5) is 26.5. The lowest BCUT2D eigenvalue weighted by Crippen LogP contribution is -2.30. The Morgan fingerprint density at radius 1 is 1.17 bits per heavy atom. The fraction of sp³-hybridized carbons (Fsp3) is 0.333.